The maximum Gasteiger partial charge on any atom is 0.305 e. The molecule has 134 valence electrons. The van der Waals surface area contributed by atoms with E-state index in [4.69, 9.17) is 16.3 Å². The summed E-state index contributed by atoms with van der Waals surface area (Å²) in [5.74, 6) is -0.184. The van der Waals surface area contributed by atoms with E-state index in [1.54, 1.807) is 19.1 Å². The average molecular weight is 375 g/mol. The van der Waals surface area contributed by atoms with Gasteiger partial charge in [0.1, 0.15) is 0 Å². The monoisotopic (exact) mass is 374 g/mol. The summed E-state index contributed by atoms with van der Waals surface area (Å²) in [5, 5.41) is 0.502. The molecule has 1 atom stereocenters. The van der Waals surface area contributed by atoms with Crippen LogP contribution in [0.4, 0.5) is 0 Å². The molecule has 0 bridgehead atoms. The van der Waals surface area contributed by atoms with Crippen LogP contribution in [0.1, 0.15) is 26.2 Å². The number of ether oxygens (including phenoxy) is 1. The summed E-state index contributed by atoms with van der Waals surface area (Å²) in [7, 11) is -3.53. The minimum Gasteiger partial charge on any atom is -0.466 e. The van der Waals surface area contributed by atoms with Gasteiger partial charge in [0, 0.05) is 24.0 Å². The van der Waals surface area contributed by atoms with Crippen molar-refractivity contribution in [1.29, 1.82) is 0 Å². The lowest BCUT2D eigenvalue weighted by atomic mass is 10.3. The van der Waals surface area contributed by atoms with E-state index in [1.807, 2.05) is 0 Å². The van der Waals surface area contributed by atoms with Crippen LogP contribution in [0.2, 0.25) is 5.02 Å². The van der Waals surface area contributed by atoms with Crippen LogP contribution >= 0.6 is 11.6 Å². The molecule has 0 aliphatic carbocycles. The first-order valence-corrected chi connectivity index (χ1v) is 9.92. The van der Waals surface area contributed by atoms with Crippen molar-refractivity contribution in [3.8, 4) is 0 Å². The van der Waals surface area contributed by atoms with Crippen LogP contribution in [0.3, 0.4) is 0 Å². The predicted molar refractivity (Wildman–Crippen MR) is 92.5 cm³/mol. The lowest BCUT2D eigenvalue weighted by Crippen LogP contribution is -2.37. The van der Waals surface area contributed by atoms with Crippen LogP contribution in [-0.2, 0) is 19.6 Å². The molecule has 1 N–H and O–H groups in total. The number of benzene rings is 1. The highest BCUT2D eigenvalue weighted by Crippen LogP contribution is 2.17. The van der Waals surface area contributed by atoms with Gasteiger partial charge in [-0.25, -0.2) is 13.1 Å². The first kappa shape index (κ1) is 19.2. The lowest BCUT2D eigenvalue weighted by Gasteiger charge is -2.16. The van der Waals surface area contributed by atoms with Gasteiger partial charge in [-0.1, -0.05) is 11.6 Å². The summed E-state index contributed by atoms with van der Waals surface area (Å²) in [6.07, 6.45) is 1.87. The van der Waals surface area contributed by atoms with Crippen molar-refractivity contribution in [2.75, 3.05) is 26.2 Å². The molecule has 2 rings (SSSR count). The van der Waals surface area contributed by atoms with Crippen molar-refractivity contribution in [3.63, 3.8) is 0 Å². The quantitative estimate of drug-likeness (QED) is 0.705. The standard InChI is InChI=1S/C16H23ClN2O4S/c1-2-23-16(20)4-3-10-19-11-9-14(12-19)18-24(21,22)15-7-5-13(17)6-8-15/h5-8,14,18H,2-4,9-12H2,1H3. The van der Waals surface area contributed by atoms with Gasteiger partial charge in [0.2, 0.25) is 10.0 Å². The molecule has 0 amide bonds. The molecular formula is C16H23ClN2O4S. The number of hydrogen-bond donors (Lipinski definition) is 1. The zero-order valence-electron chi connectivity index (χ0n) is 13.7. The number of likely N-dealkylation sites (tertiary alicyclic amines) is 1. The molecule has 1 aliphatic heterocycles. The third kappa shape index (κ3) is 5.73. The van der Waals surface area contributed by atoms with Gasteiger partial charge in [-0.3, -0.25) is 4.79 Å². The Bertz CT molecular complexity index is 649. The minimum atomic E-state index is -3.53. The first-order valence-electron chi connectivity index (χ1n) is 8.06. The Kier molecular flexibility index (Phi) is 7.03. The Morgan fingerprint density at radius 1 is 1.38 bits per heavy atom. The molecule has 0 radical (unpaired) electrons. The molecule has 1 aliphatic rings. The molecule has 1 aromatic carbocycles. The number of carbonyl (C=O) groups is 1. The summed E-state index contributed by atoms with van der Waals surface area (Å²) in [6.45, 7) is 4.41. The minimum absolute atomic E-state index is 0.117. The van der Waals surface area contributed by atoms with E-state index in [0.717, 1.165) is 25.9 Å². The molecule has 0 aromatic heterocycles. The molecule has 6 nitrogen and oxygen atoms in total. The molecule has 1 fully saturated rings. The SMILES string of the molecule is CCOC(=O)CCCN1CCC(NS(=O)(=O)c2ccc(Cl)cc2)C1. The number of halogens is 1. The third-order valence-electron chi connectivity index (χ3n) is 3.88. The molecule has 24 heavy (non-hydrogen) atoms. The number of sulfonamides is 1. The number of carbonyl (C=O) groups excluding carboxylic acids is 1. The largest absolute Gasteiger partial charge is 0.466 e. The van der Waals surface area contributed by atoms with E-state index in [0.29, 0.717) is 24.6 Å². The van der Waals surface area contributed by atoms with Gasteiger partial charge in [-0.15, -0.1) is 0 Å². The number of hydrogen-bond acceptors (Lipinski definition) is 5. The second-order valence-electron chi connectivity index (χ2n) is 5.77. The molecular weight excluding hydrogens is 352 g/mol. The molecule has 1 saturated heterocycles. The Balaban J connectivity index is 1.79. The number of nitrogens with one attached hydrogen (secondary N) is 1. The maximum absolute atomic E-state index is 12.3. The van der Waals surface area contributed by atoms with Crippen molar-refractivity contribution in [3.05, 3.63) is 29.3 Å². The molecule has 8 heteroatoms. The normalized spacial score (nSPS) is 18.7. The smallest absolute Gasteiger partial charge is 0.305 e. The van der Waals surface area contributed by atoms with E-state index in [-0.39, 0.29) is 16.9 Å². The van der Waals surface area contributed by atoms with Gasteiger partial charge in [0.05, 0.1) is 11.5 Å². The number of esters is 1. The van der Waals surface area contributed by atoms with Crippen molar-refractivity contribution < 1.29 is 17.9 Å². The van der Waals surface area contributed by atoms with Gasteiger partial charge in [-0.05, 0) is 57.1 Å². The summed E-state index contributed by atoms with van der Waals surface area (Å²) < 4.78 is 32.3. The lowest BCUT2D eigenvalue weighted by molar-refractivity contribution is -0.143. The molecule has 0 spiro atoms. The van der Waals surface area contributed by atoms with E-state index in [1.165, 1.54) is 12.1 Å². The second kappa shape index (κ2) is 8.80. The Morgan fingerprint density at radius 3 is 2.75 bits per heavy atom. The fourth-order valence-corrected chi connectivity index (χ4v) is 4.10. The van der Waals surface area contributed by atoms with Crippen molar-refractivity contribution in [2.24, 2.45) is 0 Å². The molecule has 1 heterocycles. The first-order chi connectivity index (χ1) is 11.4. The highest BCUT2D eigenvalue weighted by Gasteiger charge is 2.27. The maximum atomic E-state index is 12.3. The van der Waals surface area contributed by atoms with Crippen LogP contribution in [-0.4, -0.2) is 51.6 Å². The average Bonchev–Trinajstić information content (AvgIpc) is 2.94. The number of rotatable bonds is 8. The summed E-state index contributed by atoms with van der Waals surface area (Å²) >= 11 is 5.79. The van der Waals surface area contributed by atoms with Crippen molar-refractivity contribution in [1.82, 2.24) is 9.62 Å². The molecule has 1 unspecified atom stereocenters. The third-order valence-corrected chi connectivity index (χ3v) is 5.67. The zero-order chi connectivity index (χ0) is 17.6. The van der Waals surface area contributed by atoms with Gasteiger partial charge in [-0.2, -0.15) is 0 Å². The summed E-state index contributed by atoms with van der Waals surface area (Å²) in [6, 6.07) is 6.00. The van der Waals surface area contributed by atoms with Crippen LogP contribution in [0.5, 0.6) is 0 Å². The number of nitrogens with zero attached hydrogens (tertiary/aromatic N) is 1. The van der Waals surface area contributed by atoms with Crippen LogP contribution < -0.4 is 4.72 Å². The van der Waals surface area contributed by atoms with Gasteiger partial charge in [0.25, 0.3) is 0 Å². The van der Waals surface area contributed by atoms with E-state index >= 15 is 0 Å². The van der Waals surface area contributed by atoms with Gasteiger partial charge >= 0.3 is 5.97 Å². The Morgan fingerprint density at radius 2 is 2.08 bits per heavy atom. The topological polar surface area (TPSA) is 75.7 Å². The molecule has 0 saturated carbocycles. The fourth-order valence-electron chi connectivity index (χ4n) is 2.71. The predicted octanol–water partition coefficient (Wildman–Crippen LogP) is 2.04. The Hall–Kier alpha value is -1.15. The van der Waals surface area contributed by atoms with E-state index in [9.17, 15) is 13.2 Å². The second-order valence-corrected chi connectivity index (χ2v) is 7.92. The van der Waals surface area contributed by atoms with Crippen LogP contribution in [0.15, 0.2) is 29.2 Å². The zero-order valence-corrected chi connectivity index (χ0v) is 15.3. The Labute approximate surface area is 148 Å². The van der Waals surface area contributed by atoms with Crippen LogP contribution in [0, 0.1) is 0 Å². The van der Waals surface area contributed by atoms with E-state index < -0.39 is 10.0 Å². The highest BCUT2D eigenvalue weighted by atomic mass is 35.5. The van der Waals surface area contributed by atoms with Crippen molar-refractivity contribution in [2.45, 2.75) is 37.1 Å². The fraction of sp³-hybridized carbons (Fsp3) is 0.562. The molecule has 1 aromatic rings. The summed E-state index contributed by atoms with van der Waals surface area (Å²) in [5.41, 5.74) is 0. The van der Waals surface area contributed by atoms with Crippen LogP contribution in [0.25, 0.3) is 0 Å². The van der Waals surface area contributed by atoms with Crippen molar-refractivity contribution >= 4 is 27.6 Å². The van der Waals surface area contributed by atoms with E-state index in [2.05, 4.69) is 9.62 Å². The summed E-state index contributed by atoms with van der Waals surface area (Å²) in [4.78, 5) is 13.7. The highest BCUT2D eigenvalue weighted by molar-refractivity contribution is 7.89. The van der Waals surface area contributed by atoms with Gasteiger partial charge < -0.3 is 9.64 Å². The van der Waals surface area contributed by atoms with Gasteiger partial charge in [0.15, 0.2) is 0 Å².